The molecule has 0 spiro atoms. The Morgan fingerprint density at radius 1 is 1.43 bits per heavy atom. The molecule has 4 heteroatoms. The van der Waals surface area contributed by atoms with Crippen molar-refractivity contribution < 1.29 is 4.79 Å². The van der Waals surface area contributed by atoms with Gasteiger partial charge in [0.05, 0.1) is 0 Å². The molecule has 1 rings (SSSR count). The van der Waals surface area contributed by atoms with Gasteiger partial charge < -0.3 is 16.0 Å². The Balaban J connectivity index is 2.36. The first kappa shape index (κ1) is 17.5. The van der Waals surface area contributed by atoms with Crippen LogP contribution in [-0.4, -0.2) is 30.4 Å². The number of hydrogen-bond donors (Lipinski definition) is 2. The minimum absolute atomic E-state index is 0.0558. The van der Waals surface area contributed by atoms with Gasteiger partial charge in [-0.3, -0.25) is 4.79 Å². The number of carbonyl (C=O) groups excluding carboxylic acids is 1. The molecule has 1 amide bonds. The number of nitrogens with one attached hydrogen (secondary N) is 1. The first-order chi connectivity index (χ1) is 9.93. The summed E-state index contributed by atoms with van der Waals surface area (Å²) in [5.74, 6) is 0.0558. The van der Waals surface area contributed by atoms with E-state index in [1.807, 2.05) is 25.1 Å². The lowest BCUT2D eigenvalue weighted by Crippen LogP contribution is -2.30. The van der Waals surface area contributed by atoms with Gasteiger partial charge in [-0.05, 0) is 58.0 Å². The minimum Gasteiger partial charge on any atom is -0.399 e. The van der Waals surface area contributed by atoms with Crippen molar-refractivity contribution in [1.29, 1.82) is 0 Å². The highest BCUT2D eigenvalue weighted by atomic mass is 16.1. The number of carbonyl (C=O) groups is 1. The van der Waals surface area contributed by atoms with Gasteiger partial charge in [-0.1, -0.05) is 19.4 Å². The molecule has 4 nitrogen and oxygen atoms in total. The van der Waals surface area contributed by atoms with Gasteiger partial charge >= 0.3 is 0 Å². The van der Waals surface area contributed by atoms with E-state index in [2.05, 4.69) is 31.1 Å². The van der Waals surface area contributed by atoms with Crippen molar-refractivity contribution >= 4 is 17.3 Å². The lowest BCUT2D eigenvalue weighted by Gasteiger charge is -2.24. The number of nitrogens with two attached hydrogens (primary N) is 1. The fourth-order valence-electron chi connectivity index (χ4n) is 2.33. The number of anilines is 2. The van der Waals surface area contributed by atoms with Crippen LogP contribution in [0.25, 0.3) is 0 Å². The van der Waals surface area contributed by atoms with Gasteiger partial charge in [0.15, 0.2) is 0 Å². The van der Waals surface area contributed by atoms with Crippen molar-refractivity contribution in [3.05, 3.63) is 23.8 Å². The number of aryl methyl sites for hydroxylation is 1. The molecule has 0 radical (unpaired) electrons. The van der Waals surface area contributed by atoms with Gasteiger partial charge in [-0.25, -0.2) is 0 Å². The van der Waals surface area contributed by atoms with Crippen LogP contribution in [-0.2, 0) is 4.79 Å². The summed E-state index contributed by atoms with van der Waals surface area (Å²) in [4.78, 5) is 14.3. The zero-order chi connectivity index (χ0) is 15.8. The Kier molecular flexibility index (Phi) is 7.23. The van der Waals surface area contributed by atoms with E-state index in [4.69, 9.17) is 5.73 Å². The molecule has 1 unspecified atom stereocenters. The average Bonchev–Trinajstić information content (AvgIpc) is 2.43. The molecule has 1 atom stereocenters. The number of hydrogen-bond acceptors (Lipinski definition) is 3. The highest BCUT2D eigenvalue weighted by Crippen LogP contribution is 2.18. The minimum atomic E-state index is 0.0558. The molecule has 0 saturated heterocycles. The van der Waals surface area contributed by atoms with Crippen LogP contribution in [0, 0.1) is 6.92 Å². The van der Waals surface area contributed by atoms with Gasteiger partial charge in [0.2, 0.25) is 5.91 Å². The third-order valence-corrected chi connectivity index (χ3v) is 3.91. The Hall–Kier alpha value is -1.55. The summed E-state index contributed by atoms with van der Waals surface area (Å²) in [6.45, 7) is 7.35. The molecular weight excluding hydrogens is 262 g/mol. The van der Waals surface area contributed by atoms with Gasteiger partial charge in [-0.15, -0.1) is 0 Å². The Morgan fingerprint density at radius 2 is 2.14 bits per heavy atom. The fourth-order valence-corrected chi connectivity index (χ4v) is 2.33. The maximum atomic E-state index is 12.0. The molecule has 1 aromatic carbocycles. The van der Waals surface area contributed by atoms with E-state index in [-0.39, 0.29) is 5.91 Å². The van der Waals surface area contributed by atoms with E-state index in [1.165, 1.54) is 12.8 Å². The topological polar surface area (TPSA) is 58.4 Å². The predicted molar refractivity (Wildman–Crippen MR) is 90.5 cm³/mol. The molecule has 118 valence electrons. The van der Waals surface area contributed by atoms with Crippen molar-refractivity contribution in [2.45, 2.75) is 52.5 Å². The van der Waals surface area contributed by atoms with Gasteiger partial charge in [0, 0.05) is 23.8 Å². The van der Waals surface area contributed by atoms with Crippen molar-refractivity contribution in [2.24, 2.45) is 0 Å². The SMILES string of the molecule is CCCC(C)N(C)CCCC(=O)Nc1cc(N)ccc1C. The molecule has 0 aliphatic rings. The number of amides is 1. The van der Waals surface area contributed by atoms with Crippen LogP contribution in [0.3, 0.4) is 0 Å². The molecule has 0 aliphatic heterocycles. The first-order valence-corrected chi connectivity index (χ1v) is 7.80. The van der Waals surface area contributed by atoms with Crippen LogP contribution in [0.2, 0.25) is 0 Å². The second-order valence-electron chi connectivity index (χ2n) is 5.84. The highest BCUT2D eigenvalue weighted by Gasteiger charge is 2.09. The van der Waals surface area contributed by atoms with Crippen LogP contribution >= 0.6 is 0 Å². The van der Waals surface area contributed by atoms with Crippen LogP contribution < -0.4 is 11.1 Å². The second-order valence-corrected chi connectivity index (χ2v) is 5.84. The van der Waals surface area contributed by atoms with Crippen LogP contribution in [0.4, 0.5) is 11.4 Å². The van der Waals surface area contributed by atoms with Gasteiger partial charge in [0.1, 0.15) is 0 Å². The van der Waals surface area contributed by atoms with E-state index in [9.17, 15) is 4.79 Å². The molecule has 0 aliphatic carbocycles. The average molecular weight is 291 g/mol. The number of nitrogen functional groups attached to an aromatic ring is 1. The van der Waals surface area contributed by atoms with Crippen LogP contribution in [0.1, 0.15) is 45.1 Å². The van der Waals surface area contributed by atoms with Crippen molar-refractivity contribution in [3.8, 4) is 0 Å². The maximum Gasteiger partial charge on any atom is 0.224 e. The predicted octanol–water partition coefficient (Wildman–Crippen LogP) is 3.42. The third-order valence-electron chi connectivity index (χ3n) is 3.91. The Morgan fingerprint density at radius 3 is 2.81 bits per heavy atom. The number of rotatable bonds is 8. The molecule has 0 aromatic heterocycles. The van der Waals surface area contributed by atoms with E-state index < -0.39 is 0 Å². The molecule has 0 saturated carbocycles. The van der Waals surface area contributed by atoms with Crippen molar-refractivity contribution in [1.82, 2.24) is 4.90 Å². The Bertz CT molecular complexity index is 459. The Labute approximate surface area is 128 Å². The monoisotopic (exact) mass is 291 g/mol. The summed E-state index contributed by atoms with van der Waals surface area (Å²) in [6, 6.07) is 6.15. The zero-order valence-corrected chi connectivity index (χ0v) is 13.8. The summed E-state index contributed by atoms with van der Waals surface area (Å²) in [6.07, 6.45) is 3.81. The molecular formula is C17H29N3O. The normalized spacial score (nSPS) is 12.4. The van der Waals surface area contributed by atoms with Gasteiger partial charge in [0.25, 0.3) is 0 Å². The molecule has 0 heterocycles. The summed E-state index contributed by atoms with van der Waals surface area (Å²) in [7, 11) is 2.13. The van der Waals surface area contributed by atoms with Crippen molar-refractivity contribution in [2.75, 3.05) is 24.6 Å². The summed E-state index contributed by atoms with van der Waals surface area (Å²) >= 11 is 0. The van der Waals surface area contributed by atoms with Gasteiger partial charge in [-0.2, -0.15) is 0 Å². The lowest BCUT2D eigenvalue weighted by molar-refractivity contribution is -0.116. The van der Waals surface area contributed by atoms with E-state index in [0.717, 1.165) is 24.2 Å². The summed E-state index contributed by atoms with van der Waals surface area (Å²) in [5, 5.41) is 2.94. The van der Waals surface area contributed by atoms with Crippen LogP contribution in [0.5, 0.6) is 0 Å². The largest absolute Gasteiger partial charge is 0.399 e. The highest BCUT2D eigenvalue weighted by molar-refractivity contribution is 5.91. The van der Waals surface area contributed by atoms with Crippen molar-refractivity contribution in [3.63, 3.8) is 0 Å². The number of nitrogens with zero attached hydrogens (tertiary/aromatic N) is 1. The molecule has 3 N–H and O–H groups in total. The summed E-state index contributed by atoms with van der Waals surface area (Å²) in [5.41, 5.74) is 8.26. The fraction of sp³-hybridized carbons (Fsp3) is 0.588. The lowest BCUT2D eigenvalue weighted by atomic mass is 10.1. The van der Waals surface area contributed by atoms with E-state index >= 15 is 0 Å². The van der Waals surface area contributed by atoms with E-state index in [1.54, 1.807) is 0 Å². The van der Waals surface area contributed by atoms with E-state index in [0.29, 0.717) is 18.2 Å². The second kappa shape index (κ2) is 8.67. The summed E-state index contributed by atoms with van der Waals surface area (Å²) < 4.78 is 0. The molecule has 21 heavy (non-hydrogen) atoms. The molecule has 1 aromatic rings. The molecule has 0 bridgehead atoms. The zero-order valence-electron chi connectivity index (χ0n) is 13.8. The quantitative estimate of drug-likeness (QED) is 0.722. The number of benzene rings is 1. The van der Waals surface area contributed by atoms with Crippen LogP contribution in [0.15, 0.2) is 18.2 Å². The first-order valence-electron chi connectivity index (χ1n) is 7.80. The standard InChI is InChI=1S/C17H29N3O/c1-5-7-14(3)20(4)11-6-8-17(21)19-16-12-15(18)10-9-13(16)2/h9-10,12,14H,5-8,11,18H2,1-4H3,(H,19,21). The molecule has 0 fully saturated rings. The maximum absolute atomic E-state index is 12.0. The smallest absolute Gasteiger partial charge is 0.224 e. The third kappa shape index (κ3) is 6.17.